The maximum atomic E-state index is 11.7. The fourth-order valence-electron chi connectivity index (χ4n) is 2.39. The molecule has 0 spiro atoms. The summed E-state index contributed by atoms with van der Waals surface area (Å²) in [5, 5.41) is 1.02. The lowest BCUT2D eigenvalue weighted by molar-refractivity contribution is 0.0968. The number of H-pyrrole nitrogens is 1. The Morgan fingerprint density at radius 3 is 2.94 bits per heavy atom. The van der Waals surface area contributed by atoms with Crippen LogP contribution in [-0.4, -0.2) is 17.1 Å². The molecule has 1 N–H and O–H groups in total. The lowest BCUT2D eigenvalue weighted by Crippen LogP contribution is -2.09. The first kappa shape index (κ1) is 9.33. The SMILES string of the molecule is O=Cc1ccc2[nH]c3c(c2c1)CCCC3=O. The van der Waals surface area contributed by atoms with Gasteiger partial charge in [-0.1, -0.05) is 0 Å². The molecule has 1 heterocycles. The third kappa shape index (κ3) is 1.21. The lowest BCUT2D eigenvalue weighted by atomic mass is 9.94. The topological polar surface area (TPSA) is 49.9 Å². The number of hydrogen-bond donors (Lipinski definition) is 1. The Bertz CT molecular complexity index is 595. The van der Waals surface area contributed by atoms with Crippen LogP contribution in [0.15, 0.2) is 18.2 Å². The maximum Gasteiger partial charge on any atom is 0.179 e. The third-order valence-electron chi connectivity index (χ3n) is 3.18. The fraction of sp³-hybridized carbons (Fsp3) is 0.231. The van der Waals surface area contributed by atoms with Crippen LogP contribution in [0.3, 0.4) is 0 Å². The van der Waals surface area contributed by atoms with Gasteiger partial charge < -0.3 is 4.98 Å². The van der Waals surface area contributed by atoms with Crippen LogP contribution in [0.25, 0.3) is 10.9 Å². The molecule has 0 saturated carbocycles. The molecule has 3 rings (SSSR count). The van der Waals surface area contributed by atoms with Crippen molar-refractivity contribution in [3.05, 3.63) is 35.0 Å². The number of aromatic amines is 1. The van der Waals surface area contributed by atoms with Gasteiger partial charge in [-0.25, -0.2) is 0 Å². The average molecular weight is 213 g/mol. The molecule has 0 bridgehead atoms. The molecule has 0 saturated heterocycles. The van der Waals surface area contributed by atoms with Gasteiger partial charge in [0.2, 0.25) is 0 Å². The number of Topliss-reactive ketones (excluding diaryl/α,β-unsaturated/α-hetero) is 1. The summed E-state index contributed by atoms with van der Waals surface area (Å²) in [6, 6.07) is 5.49. The smallest absolute Gasteiger partial charge is 0.179 e. The largest absolute Gasteiger partial charge is 0.352 e. The normalized spacial score (nSPS) is 15.1. The Hall–Kier alpha value is -1.90. The quantitative estimate of drug-likeness (QED) is 0.740. The Morgan fingerprint density at radius 1 is 1.25 bits per heavy atom. The zero-order valence-electron chi connectivity index (χ0n) is 8.75. The molecular weight excluding hydrogens is 202 g/mol. The lowest BCUT2D eigenvalue weighted by Gasteiger charge is -2.09. The van der Waals surface area contributed by atoms with Gasteiger partial charge in [-0.2, -0.15) is 0 Å². The van der Waals surface area contributed by atoms with E-state index in [1.807, 2.05) is 12.1 Å². The highest BCUT2D eigenvalue weighted by atomic mass is 16.1. The second-order valence-corrected chi connectivity index (χ2v) is 4.18. The number of carbonyl (C=O) groups excluding carboxylic acids is 2. The van der Waals surface area contributed by atoms with E-state index in [0.29, 0.717) is 12.0 Å². The van der Waals surface area contributed by atoms with Gasteiger partial charge in [-0.3, -0.25) is 9.59 Å². The van der Waals surface area contributed by atoms with E-state index >= 15 is 0 Å². The molecule has 0 atom stereocenters. The predicted molar refractivity (Wildman–Crippen MR) is 61.0 cm³/mol. The molecule has 0 fully saturated rings. The number of aryl methyl sites for hydroxylation is 1. The standard InChI is InChI=1S/C13H11NO2/c15-7-8-4-5-11-10(6-8)9-2-1-3-12(16)13(9)14-11/h4-7,14H,1-3H2. The number of hydrogen-bond acceptors (Lipinski definition) is 2. The molecule has 2 aromatic rings. The van der Waals surface area contributed by atoms with E-state index in [4.69, 9.17) is 0 Å². The van der Waals surface area contributed by atoms with Crippen molar-refractivity contribution in [1.29, 1.82) is 0 Å². The molecule has 1 aromatic carbocycles. The predicted octanol–water partition coefficient (Wildman–Crippen LogP) is 2.50. The molecule has 0 amide bonds. The van der Waals surface area contributed by atoms with Gasteiger partial charge in [-0.15, -0.1) is 0 Å². The van der Waals surface area contributed by atoms with Gasteiger partial charge in [0, 0.05) is 22.9 Å². The van der Waals surface area contributed by atoms with Crippen molar-refractivity contribution < 1.29 is 9.59 Å². The van der Waals surface area contributed by atoms with Crippen LogP contribution in [0.4, 0.5) is 0 Å². The highest BCUT2D eigenvalue weighted by molar-refractivity contribution is 6.04. The van der Waals surface area contributed by atoms with Crippen LogP contribution in [0.5, 0.6) is 0 Å². The molecule has 1 aromatic heterocycles. The summed E-state index contributed by atoms with van der Waals surface area (Å²) in [7, 11) is 0. The summed E-state index contributed by atoms with van der Waals surface area (Å²) in [6.07, 6.45) is 3.29. The number of aromatic nitrogens is 1. The zero-order chi connectivity index (χ0) is 11.1. The zero-order valence-corrected chi connectivity index (χ0v) is 8.75. The maximum absolute atomic E-state index is 11.7. The second kappa shape index (κ2) is 3.30. The molecule has 16 heavy (non-hydrogen) atoms. The van der Waals surface area contributed by atoms with E-state index in [9.17, 15) is 9.59 Å². The number of ketones is 1. The number of fused-ring (bicyclic) bond motifs is 3. The van der Waals surface area contributed by atoms with Gasteiger partial charge in [0.1, 0.15) is 6.29 Å². The van der Waals surface area contributed by atoms with Crippen molar-refractivity contribution in [2.24, 2.45) is 0 Å². The highest BCUT2D eigenvalue weighted by Gasteiger charge is 2.21. The first-order valence-corrected chi connectivity index (χ1v) is 5.42. The molecule has 0 unspecified atom stereocenters. The third-order valence-corrected chi connectivity index (χ3v) is 3.18. The van der Waals surface area contributed by atoms with E-state index in [1.54, 1.807) is 6.07 Å². The monoisotopic (exact) mass is 213 g/mol. The van der Waals surface area contributed by atoms with Crippen molar-refractivity contribution in [2.75, 3.05) is 0 Å². The Labute approximate surface area is 92.5 Å². The minimum Gasteiger partial charge on any atom is -0.352 e. The Kier molecular flexibility index (Phi) is 1.93. The number of rotatable bonds is 1. The number of nitrogens with one attached hydrogen (secondary N) is 1. The molecule has 0 radical (unpaired) electrons. The van der Waals surface area contributed by atoms with Crippen molar-refractivity contribution >= 4 is 23.0 Å². The molecule has 1 aliphatic carbocycles. The molecule has 0 aliphatic heterocycles. The van der Waals surface area contributed by atoms with Gasteiger partial charge in [0.15, 0.2) is 5.78 Å². The van der Waals surface area contributed by atoms with Crippen LogP contribution < -0.4 is 0 Å². The van der Waals surface area contributed by atoms with Crippen LogP contribution in [0.2, 0.25) is 0 Å². The van der Waals surface area contributed by atoms with Gasteiger partial charge in [0.25, 0.3) is 0 Å². The Balaban J connectivity index is 2.32. The summed E-state index contributed by atoms with van der Waals surface area (Å²) in [6.45, 7) is 0. The van der Waals surface area contributed by atoms with E-state index in [1.165, 1.54) is 0 Å². The van der Waals surface area contributed by atoms with Crippen LogP contribution >= 0.6 is 0 Å². The molecule has 1 aliphatic rings. The van der Waals surface area contributed by atoms with E-state index in [2.05, 4.69) is 4.98 Å². The fourth-order valence-corrected chi connectivity index (χ4v) is 2.39. The van der Waals surface area contributed by atoms with E-state index in [-0.39, 0.29) is 5.78 Å². The summed E-state index contributed by atoms with van der Waals surface area (Å²) in [5.41, 5.74) is 3.43. The van der Waals surface area contributed by atoms with Crippen molar-refractivity contribution in [3.63, 3.8) is 0 Å². The van der Waals surface area contributed by atoms with E-state index in [0.717, 1.165) is 41.3 Å². The minimum absolute atomic E-state index is 0.185. The number of aldehydes is 1. The van der Waals surface area contributed by atoms with Gasteiger partial charge >= 0.3 is 0 Å². The first-order chi connectivity index (χ1) is 7.79. The van der Waals surface area contributed by atoms with Gasteiger partial charge in [0.05, 0.1) is 5.69 Å². The molecule has 80 valence electrons. The summed E-state index contributed by atoms with van der Waals surface area (Å²) in [4.78, 5) is 25.6. The van der Waals surface area contributed by atoms with Gasteiger partial charge in [-0.05, 0) is 36.6 Å². The second-order valence-electron chi connectivity index (χ2n) is 4.18. The van der Waals surface area contributed by atoms with Crippen LogP contribution in [0, 0.1) is 0 Å². The molecule has 3 nitrogen and oxygen atoms in total. The van der Waals surface area contributed by atoms with Crippen molar-refractivity contribution in [1.82, 2.24) is 4.98 Å². The Morgan fingerprint density at radius 2 is 2.12 bits per heavy atom. The van der Waals surface area contributed by atoms with E-state index < -0.39 is 0 Å². The van der Waals surface area contributed by atoms with Crippen molar-refractivity contribution in [2.45, 2.75) is 19.3 Å². The number of carbonyl (C=O) groups is 2. The van der Waals surface area contributed by atoms with Crippen LogP contribution in [0.1, 0.15) is 39.3 Å². The highest BCUT2D eigenvalue weighted by Crippen LogP contribution is 2.29. The minimum atomic E-state index is 0.185. The summed E-state index contributed by atoms with van der Waals surface area (Å²) in [5.74, 6) is 0.185. The summed E-state index contributed by atoms with van der Waals surface area (Å²) < 4.78 is 0. The van der Waals surface area contributed by atoms with Crippen LogP contribution in [-0.2, 0) is 6.42 Å². The molecular formula is C13H11NO2. The first-order valence-electron chi connectivity index (χ1n) is 5.42. The number of benzene rings is 1. The average Bonchev–Trinajstić information content (AvgIpc) is 2.68. The van der Waals surface area contributed by atoms with Crippen molar-refractivity contribution in [3.8, 4) is 0 Å². The summed E-state index contributed by atoms with van der Waals surface area (Å²) >= 11 is 0. The molecule has 3 heteroatoms.